The number of rotatable bonds is 12. The van der Waals surface area contributed by atoms with Gasteiger partial charge in [-0.25, -0.2) is 4.79 Å². The van der Waals surface area contributed by atoms with E-state index in [4.69, 9.17) is 9.47 Å². The maximum Gasteiger partial charge on any atom is 0.407 e. The van der Waals surface area contributed by atoms with Gasteiger partial charge in [0.05, 0.1) is 6.61 Å². The molecule has 0 spiro atoms. The van der Waals surface area contributed by atoms with Crippen LogP contribution in [0.25, 0.3) is 0 Å². The van der Waals surface area contributed by atoms with Crippen molar-refractivity contribution in [3.8, 4) is 5.75 Å². The number of carbonyl (C=O) groups is 1. The molecule has 1 rings (SSSR count). The minimum absolute atomic E-state index is 0.0280. The van der Waals surface area contributed by atoms with Crippen molar-refractivity contribution in [1.29, 1.82) is 0 Å². The smallest absolute Gasteiger partial charge is 0.407 e. The largest absolute Gasteiger partial charge is 0.772 e. The van der Waals surface area contributed by atoms with Crippen LogP contribution < -0.4 is 10.1 Å². The maximum absolute atomic E-state index is 11.4. The molecule has 136 valence electrons. The van der Waals surface area contributed by atoms with E-state index in [2.05, 4.69) is 12.2 Å². The molecule has 24 heavy (non-hydrogen) atoms. The number of alkyl carbamates (subject to hydrolysis) is 1. The fourth-order valence-electron chi connectivity index (χ4n) is 1.98. The van der Waals surface area contributed by atoms with Gasteiger partial charge < -0.3 is 19.3 Å². The molecule has 1 N–H and O–H groups in total. The molecule has 0 aliphatic heterocycles. The van der Waals surface area contributed by atoms with Crippen LogP contribution in [0.15, 0.2) is 24.3 Å². The monoisotopic (exact) mass is 356 g/mol. The molecule has 0 saturated heterocycles. The van der Waals surface area contributed by atoms with Gasteiger partial charge in [0.15, 0.2) is 0 Å². The molecule has 0 aliphatic carbocycles. The van der Waals surface area contributed by atoms with Gasteiger partial charge in [0.25, 0.3) is 0 Å². The summed E-state index contributed by atoms with van der Waals surface area (Å²) in [5.74, 6) is 0.838. The second-order valence-corrected chi connectivity index (χ2v) is 6.43. The highest BCUT2D eigenvalue weighted by Crippen LogP contribution is 2.13. The van der Waals surface area contributed by atoms with Crippen molar-refractivity contribution in [2.45, 2.75) is 45.6 Å². The third-order valence-electron chi connectivity index (χ3n) is 3.32. The number of benzene rings is 1. The van der Waals surface area contributed by atoms with Gasteiger partial charge in [0.2, 0.25) is 0 Å². The molecular formula is C17H26NO5S-. The van der Waals surface area contributed by atoms with E-state index in [0.717, 1.165) is 17.7 Å². The van der Waals surface area contributed by atoms with Gasteiger partial charge in [-0.2, -0.15) is 0 Å². The van der Waals surface area contributed by atoms with Crippen molar-refractivity contribution in [2.24, 2.45) is 0 Å². The highest BCUT2D eigenvalue weighted by molar-refractivity contribution is 7.79. The molecule has 1 amide bonds. The van der Waals surface area contributed by atoms with Crippen LogP contribution in [-0.4, -0.2) is 33.8 Å². The van der Waals surface area contributed by atoms with Gasteiger partial charge in [0, 0.05) is 12.3 Å². The molecule has 0 heterocycles. The first-order valence-corrected chi connectivity index (χ1v) is 9.54. The minimum Gasteiger partial charge on any atom is -0.772 e. The summed E-state index contributed by atoms with van der Waals surface area (Å²) in [4.78, 5) is 11.4. The minimum atomic E-state index is -2.07. The Balaban J connectivity index is 2.17. The van der Waals surface area contributed by atoms with E-state index in [1.165, 1.54) is 19.3 Å². The zero-order valence-corrected chi connectivity index (χ0v) is 14.9. The molecule has 6 nitrogen and oxygen atoms in total. The van der Waals surface area contributed by atoms with Crippen LogP contribution in [-0.2, 0) is 22.4 Å². The van der Waals surface area contributed by atoms with Crippen LogP contribution in [0, 0.1) is 0 Å². The molecule has 0 fully saturated rings. The van der Waals surface area contributed by atoms with Gasteiger partial charge in [0.1, 0.15) is 12.4 Å². The number of hydrogen-bond acceptors (Lipinski definition) is 5. The summed E-state index contributed by atoms with van der Waals surface area (Å²) in [5.41, 5.74) is 0.865. The van der Waals surface area contributed by atoms with Crippen molar-refractivity contribution in [3.63, 3.8) is 0 Å². The zero-order chi connectivity index (χ0) is 17.6. The second kappa shape index (κ2) is 12.8. The first kappa shape index (κ1) is 20.4. The van der Waals surface area contributed by atoms with Crippen molar-refractivity contribution in [3.05, 3.63) is 29.8 Å². The Hall–Kier alpha value is -1.60. The number of unbranched alkanes of at least 4 members (excludes halogenated alkanes) is 3. The van der Waals surface area contributed by atoms with Gasteiger partial charge in [-0.3, -0.25) is 4.21 Å². The lowest BCUT2D eigenvalue weighted by molar-refractivity contribution is 0.139. The Bertz CT molecular complexity index is 492. The predicted molar refractivity (Wildman–Crippen MR) is 92.7 cm³/mol. The standard InChI is InChI=1S/C17H27NO5S/c1-2-3-4-5-12-22-16-9-7-15(8-10-16)14-23-17(19)18-11-6-13-24(20)21/h7-10H,2-6,11-14H2,1H3,(H,18,19)(H,20,21)/p-1. The number of nitrogens with one attached hydrogen (secondary N) is 1. The summed E-state index contributed by atoms with van der Waals surface area (Å²) in [5, 5.41) is 2.51. The van der Waals surface area contributed by atoms with E-state index >= 15 is 0 Å². The van der Waals surface area contributed by atoms with Crippen LogP contribution >= 0.6 is 0 Å². The Morgan fingerprint density at radius 1 is 1.17 bits per heavy atom. The first-order chi connectivity index (χ1) is 11.6. The molecule has 0 aromatic heterocycles. The predicted octanol–water partition coefficient (Wildman–Crippen LogP) is 3.14. The molecular weight excluding hydrogens is 330 g/mol. The normalized spacial score (nSPS) is 11.8. The topological polar surface area (TPSA) is 87.7 Å². The quantitative estimate of drug-likeness (QED) is 0.459. The van der Waals surface area contributed by atoms with Crippen molar-refractivity contribution in [2.75, 3.05) is 18.9 Å². The van der Waals surface area contributed by atoms with Gasteiger partial charge in [-0.05, 0) is 30.5 Å². The molecule has 1 aromatic carbocycles. The highest BCUT2D eigenvalue weighted by Gasteiger charge is 2.02. The Morgan fingerprint density at radius 2 is 1.92 bits per heavy atom. The van der Waals surface area contributed by atoms with E-state index < -0.39 is 17.2 Å². The zero-order valence-electron chi connectivity index (χ0n) is 14.1. The molecule has 1 aromatic rings. The number of carbonyl (C=O) groups excluding carboxylic acids is 1. The molecule has 7 heteroatoms. The molecule has 0 radical (unpaired) electrons. The fourth-order valence-corrected chi connectivity index (χ4v) is 2.36. The van der Waals surface area contributed by atoms with Crippen LogP contribution in [0.4, 0.5) is 4.79 Å². The summed E-state index contributed by atoms with van der Waals surface area (Å²) in [6.45, 7) is 3.33. The van der Waals surface area contributed by atoms with E-state index in [1.54, 1.807) is 0 Å². The third kappa shape index (κ3) is 10.2. The average Bonchev–Trinajstić information content (AvgIpc) is 2.57. The average molecular weight is 356 g/mol. The summed E-state index contributed by atoms with van der Waals surface area (Å²) in [6, 6.07) is 7.43. The lowest BCUT2D eigenvalue weighted by Gasteiger charge is -2.09. The summed E-state index contributed by atoms with van der Waals surface area (Å²) in [7, 11) is 0. The first-order valence-electron chi connectivity index (χ1n) is 8.30. The van der Waals surface area contributed by atoms with Crippen LogP contribution in [0.1, 0.15) is 44.6 Å². The van der Waals surface area contributed by atoms with Crippen molar-refractivity contribution >= 4 is 17.2 Å². The Labute approximate surface area is 146 Å². The van der Waals surface area contributed by atoms with E-state index in [0.29, 0.717) is 13.0 Å². The molecule has 0 bridgehead atoms. The lowest BCUT2D eigenvalue weighted by atomic mass is 10.2. The van der Waals surface area contributed by atoms with Gasteiger partial charge >= 0.3 is 6.09 Å². The van der Waals surface area contributed by atoms with Gasteiger partial charge in [-0.15, -0.1) is 0 Å². The number of amides is 1. The third-order valence-corrected chi connectivity index (χ3v) is 3.94. The van der Waals surface area contributed by atoms with Crippen LogP contribution in [0.3, 0.4) is 0 Å². The second-order valence-electron chi connectivity index (χ2n) is 5.42. The molecule has 1 atom stereocenters. The summed E-state index contributed by atoms with van der Waals surface area (Å²) < 4.78 is 31.4. The maximum atomic E-state index is 11.4. The van der Waals surface area contributed by atoms with Crippen molar-refractivity contribution in [1.82, 2.24) is 5.32 Å². The van der Waals surface area contributed by atoms with Gasteiger partial charge in [-0.1, -0.05) is 49.4 Å². The molecule has 0 saturated carbocycles. The lowest BCUT2D eigenvalue weighted by Crippen LogP contribution is -2.26. The highest BCUT2D eigenvalue weighted by atomic mass is 32.2. The van der Waals surface area contributed by atoms with E-state index in [1.807, 2.05) is 24.3 Å². The number of hydrogen-bond donors (Lipinski definition) is 1. The molecule has 1 unspecified atom stereocenters. The number of ether oxygens (including phenoxy) is 2. The summed E-state index contributed by atoms with van der Waals surface area (Å²) in [6.07, 6.45) is 4.50. The van der Waals surface area contributed by atoms with E-state index in [-0.39, 0.29) is 18.9 Å². The Morgan fingerprint density at radius 3 is 2.58 bits per heavy atom. The fraction of sp³-hybridized carbons (Fsp3) is 0.588. The molecule has 0 aliphatic rings. The van der Waals surface area contributed by atoms with Crippen molar-refractivity contribution < 1.29 is 23.0 Å². The van der Waals surface area contributed by atoms with Crippen LogP contribution in [0.2, 0.25) is 0 Å². The SMILES string of the molecule is CCCCCCOc1ccc(COC(=O)NCCCS(=O)[O-])cc1. The summed E-state index contributed by atoms with van der Waals surface area (Å²) >= 11 is -2.07. The van der Waals surface area contributed by atoms with Crippen LogP contribution in [0.5, 0.6) is 5.75 Å². The van der Waals surface area contributed by atoms with E-state index in [9.17, 15) is 13.6 Å². The Kier molecular flexibility index (Phi) is 10.9.